The Balaban J connectivity index is 1.56. The summed E-state index contributed by atoms with van der Waals surface area (Å²) in [7, 11) is 6.57. The van der Waals surface area contributed by atoms with Gasteiger partial charge in [0.15, 0.2) is 29.0 Å². The average Bonchev–Trinajstić information content (AvgIpc) is 2.81. The standard InChI is InChI=1S/C23H31FN4O4/c1-25-23(26-14-16-5-6-19(29)18(24)11-16)28-9-7-27(8-10-28)15-17-12-20(30-2)22(32-4)21(13-17)31-3/h5-6,11-13,29H,7-10,14-15H2,1-4H3,(H,25,26). The van der Waals surface area contributed by atoms with E-state index in [0.29, 0.717) is 23.8 Å². The molecule has 0 radical (unpaired) electrons. The van der Waals surface area contributed by atoms with Gasteiger partial charge in [0.2, 0.25) is 5.75 Å². The number of benzene rings is 2. The lowest BCUT2D eigenvalue weighted by Crippen LogP contribution is -2.52. The molecule has 0 atom stereocenters. The fourth-order valence-corrected chi connectivity index (χ4v) is 3.78. The lowest BCUT2D eigenvalue weighted by Gasteiger charge is -2.36. The number of nitrogens with one attached hydrogen (secondary N) is 1. The topological polar surface area (TPSA) is 78.8 Å². The zero-order chi connectivity index (χ0) is 23.1. The number of phenolic OH excluding ortho intramolecular Hbond substituents is 1. The van der Waals surface area contributed by atoms with Gasteiger partial charge in [-0.25, -0.2) is 4.39 Å². The van der Waals surface area contributed by atoms with Crippen LogP contribution in [0.4, 0.5) is 4.39 Å². The van der Waals surface area contributed by atoms with Gasteiger partial charge in [-0.3, -0.25) is 9.89 Å². The largest absolute Gasteiger partial charge is 0.505 e. The molecule has 1 fully saturated rings. The van der Waals surface area contributed by atoms with E-state index >= 15 is 0 Å². The van der Waals surface area contributed by atoms with E-state index in [0.717, 1.165) is 49.8 Å². The summed E-state index contributed by atoms with van der Waals surface area (Å²) in [5, 5.41) is 12.6. The molecule has 1 saturated heterocycles. The second-order valence-electron chi connectivity index (χ2n) is 7.48. The number of guanidine groups is 1. The van der Waals surface area contributed by atoms with Crippen LogP contribution in [-0.4, -0.2) is 75.4 Å². The van der Waals surface area contributed by atoms with Crippen LogP contribution in [-0.2, 0) is 13.1 Å². The summed E-state index contributed by atoms with van der Waals surface area (Å²) in [5.74, 6) is 1.69. The molecule has 2 aromatic rings. The molecule has 174 valence electrons. The third-order valence-electron chi connectivity index (χ3n) is 5.48. The molecule has 0 aromatic heterocycles. The predicted octanol–water partition coefficient (Wildman–Crippen LogP) is 2.45. The number of rotatable bonds is 7. The first kappa shape index (κ1) is 23.5. The summed E-state index contributed by atoms with van der Waals surface area (Å²) in [5.41, 5.74) is 1.83. The second kappa shape index (κ2) is 10.9. The molecule has 9 heteroatoms. The number of hydrogen-bond donors (Lipinski definition) is 2. The Kier molecular flexibility index (Phi) is 7.99. The molecule has 0 bridgehead atoms. The van der Waals surface area contributed by atoms with Crippen molar-refractivity contribution >= 4 is 5.96 Å². The maximum Gasteiger partial charge on any atom is 0.203 e. The minimum absolute atomic E-state index is 0.346. The highest BCUT2D eigenvalue weighted by Crippen LogP contribution is 2.38. The van der Waals surface area contributed by atoms with E-state index in [9.17, 15) is 9.50 Å². The maximum absolute atomic E-state index is 13.6. The van der Waals surface area contributed by atoms with Crippen LogP contribution in [0, 0.1) is 5.82 Å². The Morgan fingerprint density at radius 1 is 1.00 bits per heavy atom. The number of phenols is 1. The van der Waals surface area contributed by atoms with Gasteiger partial charge in [-0.1, -0.05) is 6.07 Å². The summed E-state index contributed by atoms with van der Waals surface area (Å²) in [6, 6.07) is 8.33. The van der Waals surface area contributed by atoms with Gasteiger partial charge in [0.1, 0.15) is 0 Å². The molecule has 0 spiro atoms. The van der Waals surface area contributed by atoms with Crippen molar-refractivity contribution in [3.05, 3.63) is 47.3 Å². The maximum atomic E-state index is 13.6. The molecular weight excluding hydrogens is 415 g/mol. The van der Waals surface area contributed by atoms with Crippen molar-refractivity contribution in [1.82, 2.24) is 15.1 Å². The number of aliphatic imine (C=N–C) groups is 1. The highest BCUT2D eigenvalue weighted by Gasteiger charge is 2.21. The zero-order valence-corrected chi connectivity index (χ0v) is 19.0. The monoisotopic (exact) mass is 446 g/mol. The van der Waals surface area contributed by atoms with Crippen molar-refractivity contribution in [1.29, 1.82) is 0 Å². The van der Waals surface area contributed by atoms with Crippen molar-refractivity contribution in [3.63, 3.8) is 0 Å². The van der Waals surface area contributed by atoms with Crippen LogP contribution in [0.1, 0.15) is 11.1 Å². The smallest absolute Gasteiger partial charge is 0.203 e. The van der Waals surface area contributed by atoms with E-state index in [1.165, 1.54) is 12.1 Å². The van der Waals surface area contributed by atoms with E-state index < -0.39 is 5.82 Å². The van der Waals surface area contributed by atoms with Gasteiger partial charge in [-0.15, -0.1) is 0 Å². The third kappa shape index (κ3) is 5.53. The van der Waals surface area contributed by atoms with Gasteiger partial charge in [0.05, 0.1) is 21.3 Å². The van der Waals surface area contributed by atoms with Crippen molar-refractivity contribution in [2.24, 2.45) is 4.99 Å². The van der Waals surface area contributed by atoms with Gasteiger partial charge in [-0.05, 0) is 35.4 Å². The molecule has 3 rings (SSSR count). The third-order valence-corrected chi connectivity index (χ3v) is 5.48. The Labute approximate surface area is 188 Å². The molecule has 0 aliphatic carbocycles. The summed E-state index contributed by atoms with van der Waals surface area (Å²) in [6.45, 7) is 4.55. The zero-order valence-electron chi connectivity index (χ0n) is 19.0. The van der Waals surface area contributed by atoms with Gasteiger partial charge >= 0.3 is 0 Å². The molecule has 0 saturated carbocycles. The Bertz CT molecular complexity index is 921. The Morgan fingerprint density at radius 3 is 2.19 bits per heavy atom. The SMILES string of the molecule is CN=C(NCc1ccc(O)c(F)c1)N1CCN(Cc2cc(OC)c(OC)c(OC)c2)CC1. The highest BCUT2D eigenvalue weighted by molar-refractivity contribution is 5.80. The van der Waals surface area contributed by atoms with Crippen LogP contribution in [0.3, 0.4) is 0 Å². The molecule has 0 amide bonds. The van der Waals surface area contributed by atoms with E-state index in [4.69, 9.17) is 14.2 Å². The summed E-state index contributed by atoms with van der Waals surface area (Å²) < 4.78 is 29.9. The van der Waals surface area contributed by atoms with E-state index in [1.54, 1.807) is 34.4 Å². The number of nitrogens with zero attached hydrogens (tertiary/aromatic N) is 3. The van der Waals surface area contributed by atoms with E-state index in [-0.39, 0.29) is 5.75 Å². The molecule has 2 aromatic carbocycles. The molecule has 2 N–H and O–H groups in total. The summed E-state index contributed by atoms with van der Waals surface area (Å²) >= 11 is 0. The summed E-state index contributed by atoms with van der Waals surface area (Å²) in [4.78, 5) is 8.91. The number of ether oxygens (including phenoxy) is 3. The number of hydrogen-bond acceptors (Lipinski definition) is 6. The van der Waals surface area contributed by atoms with Crippen molar-refractivity contribution in [2.45, 2.75) is 13.1 Å². The number of methoxy groups -OCH3 is 3. The second-order valence-corrected chi connectivity index (χ2v) is 7.48. The average molecular weight is 447 g/mol. The van der Waals surface area contributed by atoms with Crippen LogP contribution in [0.5, 0.6) is 23.0 Å². The Hall–Kier alpha value is -3.20. The molecule has 1 heterocycles. The molecule has 0 unspecified atom stereocenters. The van der Waals surface area contributed by atoms with Crippen LogP contribution in [0.25, 0.3) is 0 Å². The van der Waals surface area contributed by atoms with E-state index in [1.807, 2.05) is 12.1 Å². The lowest BCUT2D eigenvalue weighted by molar-refractivity contribution is 0.172. The molecular formula is C23H31FN4O4. The fraction of sp³-hybridized carbons (Fsp3) is 0.435. The molecule has 8 nitrogen and oxygen atoms in total. The number of halogens is 1. The molecule has 32 heavy (non-hydrogen) atoms. The Morgan fingerprint density at radius 2 is 1.66 bits per heavy atom. The number of piperazine rings is 1. The summed E-state index contributed by atoms with van der Waals surface area (Å²) in [6.07, 6.45) is 0. The normalized spacial score (nSPS) is 14.9. The first-order valence-corrected chi connectivity index (χ1v) is 10.4. The van der Waals surface area contributed by atoms with Crippen molar-refractivity contribution in [2.75, 3.05) is 54.6 Å². The van der Waals surface area contributed by atoms with Crippen molar-refractivity contribution < 1.29 is 23.7 Å². The minimum Gasteiger partial charge on any atom is -0.505 e. The quantitative estimate of drug-likeness (QED) is 0.500. The van der Waals surface area contributed by atoms with Crippen LogP contribution in [0.2, 0.25) is 0 Å². The first-order chi connectivity index (χ1) is 15.5. The van der Waals surface area contributed by atoms with Crippen LogP contribution in [0.15, 0.2) is 35.3 Å². The van der Waals surface area contributed by atoms with Gasteiger partial charge in [0, 0.05) is 46.3 Å². The fourth-order valence-electron chi connectivity index (χ4n) is 3.78. The predicted molar refractivity (Wildman–Crippen MR) is 121 cm³/mol. The lowest BCUT2D eigenvalue weighted by atomic mass is 10.1. The molecule has 1 aliphatic heterocycles. The number of aromatic hydroxyl groups is 1. The van der Waals surface area contributed by atoms with Gasteiger partial charge < -0.3 is 29.5 Å². The first-order valence-electron chi connectivity index (χ1n) is 10.4. The van der Waals surface area contributed by atoms with Gasteiger partial charge in [-0.2, -0.15) is 0 Å². The minimum atomic E-state index is -0.625. The van der Waals surface area contributed by atoms with Crippen LogP contribution < -0.4 is 19.5 Å². The highest BCUT2D eigenvalue weighted by atomic mass is 19.1. The van der Waals surface area contributed by atoms with Crippen molar-refractivity contribution in [3.8, 4) is 23.0 Å². The van der Waals surface area contributed by atoms with Crippen LogP contribution >= 0.6 is 0 Å². The molecule has 1 aliphatic rings. The van der Waals surface area contributed by atoms with E-state index in [2.05, 4.69) is 20.1 Å². The van der Waals surface area contributed by atoms with Gasteiger partial charge in [0.25, 0.3) is 0 Å².